The number of aliphatic hydroxyl groups is 1. The minimum absolute atomic E-state index is 0.160. The lowest BCUT2D eigenvalue weighted by molar-refractivity contribution is -0.152. The van der Waals surface area contributed by atoms with Gasteiger partial charge in [0.1, 0.15) is 23.8 Å². The third-order valence-corrected chi connectivity index (χ3v) is 7.27. The normalized spacial score (nSPS) is 18.9. The van der Waals surface area contributed by atoms with Gasteiger partial charge in [-0.3, -0.25) is 19.3 Å². The van der Waals surface area contributed by atoms with Gasteiger partial charge in [-0.1, -0.05) is 50.2 Å². The van der Waals surface area contributed by atoms with Gasteiger partial charge in [0, 0.05) is 19.0 Å². The molecule has 190 valence electrons. The first-order chi connectivity index (χ1) is 17.0. The van der Waals surface area contributed by atoms with E-state index in [1.165, 1.54) is 0 Å². The lowest BCUT2D eigenvalue weighted by Crippen LogP contribution is -2.50. The van der Waals surface area contributed by atoms with E-state index < -0.39 is 41.2 Å². The van der Waals surface area contributed by atoms with E-state index in [-0.39, 0.29) is 13.0 Å². The van der Waals surface area contributed by atoms with Crippen LogP contribution in [0.2, 0.25) is 0 Å². The number of hydrogen-bond acceptors (Lipinski definition) is 8. The van der Waals surface area contributed by atoms with Crippen molar-refractivity contribution >= 4 is 29.1 Å². The molecule has 36 heavy (non-hydrogen) atoms. The molecule has 3 amide bonds. The van der Waals surface area contributed by atoms with Crippen LogP contribution < -0.4 is 5.32 Å². The molecule has 0 aliphatic carbocycles. The quantitative estimate of drug-likeness (QED) is 0.521. The Labute approximate surface area is 213 Å². The summed E-state index contributed by atoms with van der Waals surface area (Å²) in [7, 11) is 0. The summed E-state index contributed by atoms with van der Waals surface area (Å²) in [5.74, 6) is -2.42. The Bertz CT molecular complexity index is 1270. The minimum atomic E-state index is -1.43. The zero-order valence-corrected chi connectivity index (χ0v) is 21.8. The molecule has 9 nitrogen and oxygen atoms in total. The van der Waals surface area contributed by atoms with E-state index in [0.29, 0.717) is 11.5 Å². The number of aliphatic hydroxyl groups excluding tert-OH is 1. The van der Waals surface area contributed by atoms with E-state index in [1.54, 1.807) is 29.8 Å². The molecular formula is C26H30N4O5S. The van der Waals surface area contributed by atoms with Crippen LogP contribution in [-0.2, 0) is 20.9 Å². The third-order valence-electron chi connectivity index (χ3n) is 6.29. The topological polar surface area (TPSA) is 126 Å². The van der Waals surface area contributed by atoms with Crippen molar-refractivity contribution in [1.82, 2.24) is 20.4 Å². The second kappa shape index (κ2) is 9.94. The highest BCUT2D eigenvalue weighted by atomic mass is 32.1. The summed E-state index contributed by atoms with van der Waals surface area (Å²) in [6.07, 6.45) is -1.59. The number of aryl methyl sites for hydroxylation is 2. The Morgan fingerprint density at radius 1 is 1.25 bits per heavy atom. The maximum Gasteiger partial charge on any atom is 0.258 e. The van der Waals surface area contributed by atoms with Crippen molar-refractivity contribution in [2.24, 2.45) is 5.41 Å². The molecule has 1 saturated heterocycles. The Balaban J connectivity index is 1.50. The maximum absolute atomic E-state index is 13.6. The van der Waals surface area contributed by atoms with E-state index in [1.807, 2.05) is 52.0 Å². The zero-order valence-electron chi connectivity index (χ0n) is 20.9. The fourth-order valence-electron chi connectivity index (χ4n) is 4.46. The molecule has 0 bridgehead atoms. The van der Waals surface area contributed by atoms with Crippen molar-refractivity contribution in [3.8, 4) is 10.4 Å². The molecule has 3 heterocycles. The van der Waals surface area contributed by atoms with Gasteiger partial charge in [0.15, 0.2) is 0 Å². The standard InChI is InChI=1S/C26H30N4O5S/c1-14-10-20(35-29-14)21(26(3,4)5)25(34)30-18(11-19(31)24(30)33)23(32)27-12-16-6-8-17(9-7-16)22-15(2)28-13-36-22/h6-10,13,18-19,21,31H,11-12H2,1-5H3,(H,27,32)/t18-,19+,21+/m0/s1. The number of imide groups is 1. The second-order valence-corrected chi connectivity index (χ2v) is 11.0. The number of rotatable bonds is 6. The number of likely N-dealkylation sites (tertiary alicyclic amines) is 1. The van der Waals surface area contributed by atoms with Gasteiger partial charge in [-0.25, -0.2) is 4.98 Å². The van der Waals surface area contributed by atoms with Crippen molar-refractivity contribution in [2.45, 2.75) is 65.6 Å². The first kappa shape index (κ1) is 25.7. The highest BCUT2D eigenvalue weighted by Gasteiger charge is 2.50. The molecule has 3 atom stereocenters. The van der Waals surface area contributed by atoms with Crippen LogP contribution in [0.15, 0.2) is 40.4 Å². The van der Waals surface area contributed by atoms with Crippen LogP contribution >= 0.6 is 11.3 Å². The summed E-state index contributed by atoms with van der Waals surface area (Å²) in [5, 5.41) is 16.9. The SMILES string of the molecule is Cc1cc([C@H](C(=O)N2C(=O)[C@H](O)C[C@H]2C(=O)NCc2ccc(-c3scnc3C)cc2)C(C)(C)C)on1. The Morgan fingerprint density at radius 2 is 1.94 bits per heavy atom. The average molecular weight is 511 g/mol. The summed E-state index contributed by atoms with van der Waals surface area (Å²) < 4.78 is 5.37. The van der Waals surface area contributed by atoms with Gasteiger partial charge in [0.25, 0.3) is 5.91 Å². The molecule has 1 aromatic carbocycles. The van der Waals surface area contributed by atoms with Crippen LogP contribution in [0.5, 0.6) is 0 Å². The molecule has 4 rings (SSSR count). The van der Waals surface area contributed by atoms with Crippen molar-refractivity contribution in [3.05, 3.63) is 58.6 Å². The number of hydrogen-bond donors (Lipinski definition) is 2. The molecule has 0 unspecified atom stereocenters. The van der Waals surface area contributed by atoms with Crippen LogP contribution in [-0.4, -0.2) is 50.0 Å². The largest absolute Gasteiger partial charge is 0.383 e. The van der Waals surface area contributed by atoms with Gasteiger partial charge in [0.05, 0.1) is 21.8 Å². The van der Waals surface area contributed by atoms with E-state index in [0.717, 1.165) is 26.6 Å². The van der Waals surface area contributed by atoms with Crippen molar-refractivity contribution in [3.63, 3.8) is 0 Å². The van der Waals surface area contributed by atoms with E-state index in [4.69, 9.17) is 4.52 Å². The lowest BCUT2D eigenvalue weighted by atomic mass is 9.78. The summed E-state index contributed by atoms with van der Waals surface area (Å²) in [6, 6.07) is 8.29. The highest BCUT2D eigenvalue weighted by Crippen LogP contribution is 2.39. The summed E-state index contributed by atoms with van der Waals surface area (Å²) in [4.78, 5) is 45.8. The lowest BCUT2D eigenvalue weighted by Gasteiger charge is -2.32. The van der Waals surface area contributed by atoms with Crippen molar-refractivity contribution in [2.75, 3.05) is 0 Å². The van der Waals surface area contributed by atoms with Gasteiger partial charge in [-0.05, 0) is 30.4 Å². The number of benzene rings is 1. The molecule has 1 fully saturated rings. The molecular weight excluding hydrogens is 480 g/mol. The molecule has 0 saturated carbocycles. The van der Waals surface area contributed by atoms with Crippen LogP contribution in [0.4, 0.5) is 0 Å². The van der Waals surface area contributed by atoms with Gasteiger partial charge < -0.3 is 14.9 Å². The Morgan fingerprint density at radius 3 is 2.50 bits per heavy atom. The minimum Gasteiger partial charge on any atom is -0.383 e. The molecule has 3 aromatic rings. The Kier molecular flexibility index (Phi) is 7.10. The van der Waals surface area contributed by atoms with Gasteiger partial charge >= 0.3 is 0 Å². The molecule has 10 heteroatoms. The molecule has 1 aliphatic heterocycles. The number of carbonyl (C=O) groups excluding carboxylic acids is 3. The zero-order chi connectivity index (χ0) is 26.2. The fraction of sp³-hybridized carbons (Fsp3) is 0.423. The van der Waals surface area contributed by atoms with Crippen LogP contribution in [0.1, 0.15) is 55.8 Å². The van der Waals surface area contributed by atoms with Gasteiger partial charge in [0.2, 0.25) is 11.8 Å². The van der Waals surface area contributed by atoms with Crippen LogP contribution in [0, 0.1) is 19.3 Å². The van der Waals surface area contributed by atoms with Crippen LogP contribution in [0.3, 0.4) is 0 Å². The predicted octanol–water partition coefficient (Wildman–Crippen LogP) is 3.35. The number of amides is 3. The first-order valence-electron chi connectivity index (χ1n) is 11.7. The number of aromatic nitrogens is 2. The van der Waals surface area contributed by atoms with Gasteiger partial charge in [-0.15, -0.1) is 11.3 Å². The first-order valence-corrected chi connectivity index (χ1v) is 12.6. The number of thiazole rings is 1. The van der Waals surface area contributed by atoms with Crippen molar-refractivity contribution in [1.29, 1.82) is 0 Å². The monoisotopic (exact) mass is 510 g/mol. The summed E-state index contributed by atoms with van der Waals surface area (Å²) >= 11 is 1.57. The smallest absolute Gasteiger partial charge is 0.258 e. The predicted molar refractivity (Wildman–Crippen MR) is 134 cm³/mol. The third kappa shape index (κ3) is 5.10. The Hall–Kier alpha value is -3.37. The van der Waals surface area contributed by atoms with E-state index >= 15 is 0 Å². The second-order valence-electron chi connectivity index (χ2n) is 10.2. The maximum atomic E-state index is 13.6. The van der Waals surface area contributed by atoms with E-state index in [2.05, 4.69) is 15.5 Å². The molecule has 0 radical (unpaired) electrons. The number of nitrogens with zero attached hydrogens (tertiary/aromatic N) is 3. The van der Waals surface area contributed by atoms with Crippen LogP contribution in [0.25, 0.3) is 10.4 Å². The average Bonchev–Trinajstić information content (AvgIpc) is 3.51. The van der Waals surface area contributed by atoms with Crippen molar-refractivity contribution < 1.29 is 24.0 Å². The summed E-state index contributed by atoms with van der Waals surface area (Å²) in [6.45, 7) is 9.44. The van der Waals surface area contributed by atoms with E-state index in [9.17, 15) is 19.5 Å². The summed E-state index contributed by atoms with van der Waals surface area (Å²) in [5.41, 5.74) is 4.64. The highest BCUT2D eigenvalue weighted by molar-refractivity contribution is 7.13. The molecule has 0 spiro atoms. The molecule has 2 N–H and O–H groups in total. The molecule has 2 aromatic heterocycles. The fourth-order valence-corrected chi connectivity index (χ4v) is 5.27. The number of carbonyl (C=O) groups is 3. The number of nitrogens with one attached hydrogen (secondary N) is 1. The van der Waals surface area contributed by atoms with Gasteiger partial charge in [-0.2, -0.15) is 0 Å². The molecule has 1 aliphatic rings.